The molecule has 0 saturated heterocycles. The Hall–Kier alpha value is 0.620. The highest BCUT2D eigenvalue weighted by atomic mass is 31.2. The van der Waals surface area contributed by atoms with Gasteiger partial charge in [0.1, 0.15) is 0 Å². The van der Waals surface area contributed by atoms with E-state index >= 15 is 0 Å². The van der Waals surface area contributed by atoms with E-state index in [1.54, 1.807) is 0 Å². The van der Waals surface area contributed by atoms with Crippen LogP contribution in [0, 0.1) is 0 Å². The third kappa shape index (κ3) is 40.8. The van der Waals surface area contributed by atoms with Crippen LogP contribution in [0.4, 0.5) is 0 Å². The van der Waals surface area contributed by atoms with Crippen LogP contribution >= 0.6 is 17.2 Å². The number of hydrogen-bond acceptors (Lipinski definition) is 6. The van der Waals surface area contributed by atoms with Crippen molar-refractivity contribution < 1.29 is 27.9 Å². The Morgan fingerprint density at radius 1 is 0.300 bits per heavy atom. The standard InChI is InChI=1S/2C16H35O3P/c2*1-3-5-7-9-11-13-15-18-20(17)19-16-14-12-10-8-6-4-2/h2*17H,3-16H2,1-2H3. The van der Waals surface area contributed by atoms with Gasteiger partial charge in [-0.3, -0.25) is 0 Å². The van der Waals surface area contributed by atoms with E-state index in [-0.39, 0.29) is 0 Å². The average Bonchev–Trinajstić information content (AvgIpc) is 2.95. The largest absolute Gasteiger partial charge is 0.329 e. The van der Waals surface area contributed by atoms with Gasteiger partial charge < -0.3 is 27.9 Å². The summed E-state index contributed by atoms with van der Waals surface area (Å²) in [5.74, 6) is 0. The molecular formula is C32H70O6P2. The molecule has 6 nitrogen and oxygen atoms in total. The minimum absolute atomic E-state index is 0.630. The van der Waals surface area contributed by atoms with Gasteiger partial charge in [0.25, 0.3) is 0 Å². The van der Waals surface area contributed by atoms with Gasteiger partial charge >= 0.3 is 17.2 Å². The predicted molar refractivity (Wildman–Crippen MR) is 176 cm³/mol. The lowest BCUT2D eigenvalue weighted by Crippen LogP contribution is -1.95. The van der Waals surface area contributed by atoms with Gasteiger partial charge in [0.2, 0.25) is 0 Å². The van der Waals surface area contributed by atoms with E-state index in [4.69, 9.17) is 18.1 Å². The molecule has 0 radical (unpaired) electrons. The third-order valence-electron chi connectivity index (χ3n) is 6.80. The van der Waals surface area contributed by atoms with Crippen LogP contribution in [0.5, 0.6) is 0 Å². The summed E-state index contributed by atoms with van der Waals surface area (Å²) >= 11 is 0. The summed E-state index contributed by atoms with van der Waals surface area (Å²) in [4.78, 5) is 19.1. The molecule has 0 spiro atoms. The molecule has 2 N–H and O–H groups in total. The molecule has 0 aliphatic carbocycles. The Labute approximate surface area is 253 Å². The summed E-state index contributed by atoms with van der Waals surface area (Å²) in [5.41, 5.74) is 0. The molecule has 0 unspecified atom stereocenters. The Morgan fingerprint density at radius 3 is 0.675 bits per heavy atom. The lowest BCUT2D eigenvalue weighted by Gasteiger charge is -2.10. The first-order valence-electron chi connectivity index (χ1n) is 17.1. The molecule has 0 aromatic rings. The summed E-state index contributed by atoms with van der Waals surface area (Å²) in [6, 6.07) is 0. The monoisotopic (exact) mass is 612 g/mol. The predicted octanol–water partition coefficient (Wildman–Crippen LogP) is 11.9. The van der Waals surface area contributed by atoms with Crippen LogP contribution in [-0.2, 0) is 18.1 Å². The molecule has 0 aliphatic rings. The third-order valence-corrected chi connectivity index (χ3v) is 8.41. The molecule has 0 aromatic carbocycles. The van der Waals surface area contributed by atoms with Crippen LogP contribution in [0.25, 0.3) is 0 Å². The maximum Gasteiger partial charge on any atom is 0.329 e. The lowest BCUT2D eigenvalue weighted by atomic mass is 10.1. The Bertz CT molecular complexity index is 360. The fourth-order valence-corrected chi connectivity index (χ4v) is 5.46. The Morgan fingerprint density at radius 2 is 0.475 bits per heavy atom. The summed E-state index contributed by atoms with van der Waals surface area (Å²) in [7, 11) is -3.27. The van der Waals surface area contributed by atoms with Crippen molar-refractivity contribution in [3.63, 3.8) is 0 Å². The zero-order valence-electron chi connectivity index (χ0n) is 27.2. The first-order chi connectivity index (χ1) is 19.6. The smallest absolute Gasteiger partial charge is 0.328 e. The number of hydrogen-bond donors (Lipinski definition) is 2. The minimum atomic E-state index is -1.64. The van der Waals surface area contributed by atoms with Crippen molar-refractivity contribution in [2.24, 2.45) is 0 Å². The van der Waals surface area contributed by atoms with E-state index in [2.05, 4.69) is 27.7 Å². The second-order valence-corrected chi connectivity index (χ2v) is 12.9. The summed E-state index contributed by atoms with van der Waals surface area (Å²) in [6.45, 7) is 11.4. The second kappa shape index (κ2) is 39.6. The molecule has 0 aromatic heterocycles. The Kier molecular flexibility index (Phi) is 42.3. The summed E-state index contributed by atoms with van der Waals surface area (Å²) in [6.07, 6.45) is 29.7. The minimum Gasteiger partial charge on any atom is -0.328 e. The Balaban J connectivity index is 0. The van der Waals surface area contributed by atoms with Gasteiger partial charge in [-0.25, -0.2) is 0 Å². The molecule has 244 valence electrons. The van der Waals surface area contributed by atoms with Crippen molar-refractivity contribution in [3.05, 3.63) is 0 Å². The number of rotatable bonds is 32. The maximum atomic E-state index is 9.55. The molecule has 0 rings (SSSR count). The second-order valence-electron chi connectivity index (χ2n) is 10.9. The quantitative estimate of drug-likeness (QED) is 0.0581. The van der Waals surface area contributed by atoms with Crippen molar-refractivity contribution in [2.75, 3.05) is 26.4 Å². The van der Waals surface area contributed by atoms with Crippen LogP contribution in [-0.4, -0.2) is 36.2 Å². The van der Waals surface area contributed by atoms with Crippen molar-refractivity contribution in [3.8, 4) is 0 Å². The molecule has 0 atom stereocenters. The van der Waals surface area contributed by atoms with Gasteiger partial charge in [-0.2, -0.15) is 0 Å². The highest BCUT2D eigenvalue weighted by molar-refractivity contribution is 7.40. The van der Waals surface area contributed by atoms with Crippen molar-refractivity contribution in [2.45, 2.75) is 182 Å². The van der Waals surface area contributed by atoms with Gasteiger partial charge in [-0.1, -0.05) is 156 Å². The molecular weight excluding hydrogens is 542 g/mol. The van der Waals surface area contributed by atoms with Crippen LogP contribution in [0.2, 0.25) is 0 Å². The molecule has 0 heterocycles. The van der Waals surface area contributed by atoms with Gasteiger partial charge in [0, 0.05) is 0 Å². The van der Waals surface area contributed by atoms with Gasteiger partial charge in [-0.05, 0) is 25.7 Å². The summed E-state index contributed by atoms with van der Waals surface area (Å²) < 4.78 is 21.2. The summed E-state index contributed by atoms with van der Waals surface area (Å²) in [5, 5.41) is 0. The molecule has 0 bridgehead atoms. The number of unbranched alkanes of at least 4 members (excludes halogenated alkanes) is 20. The van der Waals surface area contributed by atoms with E-state index in [1.165, 1.54) is 128 Å². The van der Waals surface area contributed by atoms with Crippen molar-refractivity contribution >= 4 is 17.2 Å². The van der Waals surface area contributed by atoms with E-state index in [1.807, 2.05) is 0 Å². The SMILES string of the molecule is CCCCCCCCOP(O)OCCCCCCCC.CCCCCCCCOP(O)OCCCCCCCC. The highest BCUT2D eigenvalue weighted by Crippen LogP contribution is 2.34. The fraction of sp³-hybridized carbons (Fsp3) is 1.00. The van der Waals surface area contributed by atoms with Crippen LogP contribution in [0.1, 0.15) is 182 Å². The molecule has 8 heteroatoms. The van der Waals surface area contributed by atoms with Crippen LogP contribution < -0.4 is 0 Å². The van der Waals surface area contributed by atoms with E-state index in [9.17, 15) is 9.79 Å². The zero-order chi connectivity index (χ0) is 29.8. The highest BCUT2D eigenvalue weighted by Gasteiger charge is 2.06. The zero-order valence-corrected chi connectivity index (χ0v) is 29.0. The van der Waals surface area contributed by atoms with E-state index < -0.39 is 17.2 Å². The lowest BCUT2D eigenvalue weighted by molar-refractivity contribution is 0.193. The molecule has 0 saturated carbocycles. The van der Waals surface area contributed by atoms with E-state index in [0.29, 0.717) is 26.4 Å². The molecule has 40 heavy (non-hydrogen) atoms. The van der Waals surface area contributed by atoms with Crippen LogP contribution in [0.15, 0.2) is 0 Å². The van der Waals surface area contributed by atoms with Crippen LogP contribution in [0.3, 0.4) is 0 Å². The van der Waals surface area contributed by atoms with Crippen molar-refractivity contribution in [1.82, 2.24) is 0 Å². The first-order valence-corrected chi connectivity index (χ1v) is 19.4. The topological polar surface area (TPSA) is 77.4 Å². The first kappa shape index (κ1) is 42.8. The van der Waals surface area contributed by atoms with Gasteiger partial charge in [0.15, 0.2) is 0 Å². The normalized spacial score (nSPS) is 11.4. The molecule has 0 aliphatic heterocycles. The van der Waals surface area contributed by atoms with Crippen molar-refractivity contribution in [1.29, 1.82) is 0 Å². The molecule has 0 amide bonds. The van der Waals surface area contributed by atoms with Gasteiger partial charge in [0.05, 0.1) is 26.4 Å². The molecule has 0 fully saturated rings. The average molecular weight is 613 g/mol. The fourth-order valence-electron chi connectivity index (χ4n) is 4.17. The van der Waals surface area contributed by atoms with Gasteiger partial charge in [-0.15, -0.1) is 0 Å². The maximum absolute atomic E-state index is 9.55. The van der Waals surface area contributed by atoms with E-state index in [0.717, 1.165) is 25.7 Å².